The van der Waals surface area contributed by atoms with Crippen molar-refractivity contribution < 1.29 is 0 Å². The molecule has 114 valence electrons. The van der Waals surface area contributed by atoms with Crippen molar-refractivity contribution in [2.24, 2.45) is 5.84 Å². The van der Waals surface area contributed by atoms with Gasteiger partial charge in [0, 0.05) is 0 Å². The van der Waals surface area contributed by atoms with Gasteiger partial charge in [0.05, 0.1) is 11.4 Å². The van der Waals surface area contributed by atoms with E-state index in [0.29, 0.717) is 0 Å². The lowest BCUT2D eigenvalue weighted by Gasteiger charge is -2.20. The second kappa shape index (κ2) is 6.29. The Morgan fingerprint density at radius 3 is 1.35 bits per heavy atom. The number of hydrogen-bond donors (Lipinski definition) is 1. The highest BCUT2D eigenvalue weighted by Crippen LogP contribution is 2.28. The molecule has 0 saturated carbocycles. The molecule has 0 saturated heterocycles. The van der Waals surface area contributed by atoms with E-state index in [4.69, 9.17) is 5.84 Å². The molecular weight excluding hydrogens is 304 g/mol. The predicted octanol–water partition coefficient (Wildman–Crippen LogP) is 5.43. The Labute approximate surface area is 141 Å². The number of hydrogen-bond acceptors (Lipinski definition) is 2. The first kappa shape index (κ1) is 15.3. The van der Waals surface area contributed by atoms with Gasteiger partial charge in [-0.1, -0.05) is 60.7 Å². The van der Waals surface area contributed by atoms with E-state index in [1.807, 2.05) is 24.3 Å². The van der Waals surface area contributed by atoms with Crippen LogP contribution >= 0.6 is 12.4 Å². The monoisotopic (exact) mass is 320 g/mol. The first-order valence-electron chi connectivity index (χ1n) is 7.34. The van der Waals surface area contributed by atoms with Crippen molar-refractivity contribution in [1.82, 2.24) is 0 Å². The fourth-order valence-corrected chi connectivity index (χ4v) is 2.80. The number of benzene rings is 4. The van der Waals surface area contributed by atoms with Crippen LogP contribution in [-0.4, -0.2) is 0 Å². The number of fused-ring (bicyclic) bond motifs is 2. The molecule has 0 aliphatic heterocycles. The van der Waals surface area contributed by atoms with Gasteiger partial charge in [-0.3, -0.25) is 5.01 Å². The Bertz CT molecular complexity index is 886. The zero-order chi connectivity index (χ0) is 14.9. The maximum Gasteiger partial charge on any atom is 0.0581 e. The summed E-state index contributed by atoms with van der Waals surface area (Å²) in [5.41, 5.74) is 1.96. The first-order valence-corrected chi connectivity index (χ1v) is 7.34. The average molecular weight is 321 g/mol. The topological polar surface area (TPSA) is 29.3 Å². The normalized spacial score (nSPS) is 10.5. The summed E-state index contributed by atoms with van der Waals surface area (Å²) in [5.74, 6) is 6.33. The molecule has 0 bridgehead atoms. The number of halogens is 1. The summed E-state index contributed by atoms with van der Waals surface area (Å²) in [6.45, 7) is 0. The third-order valence-corrected chi connectivity index (χ3v) is 4.02. The molecule has 0 atom stereocenters. The van der Waals surface area contributed by atoms with Gasteiger partial charge >= 0.3 is 0 Å². The molecule has 2 N–H and O–H groups in total. The van der Waals surface area contributed by atoms with Crippen LogP contribution < -0.4 is 10.9 Å². The smallest absolute Gasteiger partial charge is 0.0581 e. The molecule has 0 aliphatic carbocycles. The highest BCUT2D eigenvalue weighted by molar-refractivity contribution is 5.89. The molecular formula is C20H17ClN2. The second-order valence-corrected chi connectivity index (χ2v) is 5.43. The molecule has 0 aliphatic rings. The zero-order valence-electron chi connectivity index (χ0n) is 12.5. The van der Waals surface area contributed by atoms with Crippen LogP contribution in [0.15, 0.2) is 84.9 Å². The van der Waals surface area contributed by atoms with E-state index in [9.17, 15) is 0 Å². The van der Waals surface area contributed by atoms with E-state index in [1.54, 1.807) is 5.01 Å². The van der Waals surface area contributed by atoms with Crippen molar-refractivity contribution in [3.05, 3.63) is 84.9 Å². The fourth-order valence-electron chi connectivity index (χ4n) is 2.80. The molecule has 4 rings (SSSR count). The minimum Gasteiger partial charge on any atom is -0.280 e. The zero-order valence-corrected chi connectivity index (χ0v) is 13.3. The van der Waals surface area contributed by atoms with Crippen LogP contribution in [0.1, 0.15) is 0 Å². The molecule has 0 radical (unpaired) electrons. The van der Waals surface area contributed by atoms with Gasteiger partial charge in [-0.2, -0.15) is 0 Å². The summed E-state index contributed by atoms with van der Waals surface area (Å²) in [6.07, 6.45) is 0. The number of nitrogens with two attached hydrogens (primary N) is 1. The Hall–Kier alpha value is -2.55. The van der Waals surface area contributed by atoms with Crippen LogP contribution in [0.25, 0.3) is 21.5 Å². The van der Waals surface area contributed by atoms with Crippen molar-refractivity contribution in [3.8, 4) is 0 Å². The van der Waals surface area contributed by atoms with Crippen molar-refractivity contribution >= 4 is 45.3 Å². The lowest BCUT2D eigenvalue weighted by molar-refractivity contribution is 1.09. The Kier molecular flexibility index (Phi) is 4.20. The van der Waals surface area contributed by atoms with Crippen LogP contribution in [0.4, 0.5) is 11.4 Å². The van der Waals surface area contributed by atoms with E-state index in [0.717, 1.165) is 11.4 Å². The molecule has 0 amide bonds. The van der Waals surface area contributed by atoms with Crippen LogP contribution in [0.3, 0.4) is 0 Å². The third-order valence-electron chi connectivity index (χ3n) is 4.02. The third kappa shape index (κ3) is 2.87. The van der Waals surface area contributed by atoms with Crippen LogP contribution in [0.5, 0.6) is 0 Å². The van der Waals surface area contributed by atoms with E-state index in [1.165, 1.54) is 21.5 Å². The number of nitrogens with zero attached hydrogens (tertiary/aromatic N) is 1. The predicted molar refractivity (Wildman–Crippen MR) is 101 cm³/mol. The lowest BCUT2D eigenvalue weighted by Crippen LogP contribution is -2.24. The Balaban J connectivity index is 0.00000156. The van der Waals surface area contributed by atoms with E-state index >= 15 is 0 Å². The molecule has 4 aromatic carbocycles. The SMILES string of the molecule is Cl.NN(c1ccc2ccccc2c1)c1ccc2ccccc2c1. The number of anilines is 2. The quantitative estimate of drug-likeness (QED) is 0.394. The van der Waals surface area contributed by atoms with Gasteiger partial charge in [-0.25, -0.2) is 5.84 Å². The van der Waals surface area contributed by atoms with Crippen molar-refractivity contribution in [3.63, 3.8) is 0 Å². The molecule has 4 aromatic rings. The second-order valence-electron chi connectivity index (χ2n) is 5.43. The van der Waals surface area contributed by atoms with Gasteiger partial charge in [0.2, 0.25) is 0 Å². The maximum absolute atomic E-state index is 6.33. The summed E-state index contributed by atoms with van der Waals surface area (Å²) in [7, 11) is 0. The van der Waals surface area contributed by atoms with E-state index < -0.39 is 0 Å². The molecule has 0 unspecified atom stereocenters. The maximum atomic E-state index is 6.33. The van der Waals surface area contributed by atoms with E-state index in [-0.39, 0.29) is 12.4 Å². The molecule has 2 nitrogen and oxygen atoms in total. The van der Waals surface area contributed by atoms with Crippen molar-refractivity contribution in [2.75, 3.05) is 5.01 Å². The molecule has 3 heteroatoms. The van der Waals surface area contributed by atoms with Gasteiger partial charge in [0.15, 0.2) is 0 Å². The highest BCUT2D eigenvalue weighted by atomic mass is 35.5. The molecule has 0 heterocycles. The summed E-state index contributed by atoms with van der Waals surface area (Å²) < 4.78 is 0. The molecule has 23 heavy (non-hydrogen) atoms. The van der Waals surface area contributed by atoms with E-state index in [2.05, 4.69) is 60.7 Å². The van der Waals surface area contributed by atoms with Gasteiger partial charge in [0.25, 0.3) is 0 Å². The van der Waals surface area contributed by atoms with Gasteiger partial charge in [0.1, 0.15) is 0 Å². The van der Waals surface area contributed by atoms with Crippen LogP contribution in [0.2, 0.25) is 0 Å². The standard InChI is InChI=1S/C20H16N2.ClH/c21-22(19-11-9-15-5-1-3-7-17(15)13-19)20-12-10-16-6-2-4-8-18(16)14-20;/h1-14H,21H2;1H. The van der Waals surface area contributed by atoms with Crippen molar-refractivity contribution in [1.29, 1.82) is 0 Å². The minimum absolute atomic E-state index is 0. The molecule has 0 aromatic heterocycles. The number of hydrazine groups is 1. The number of rotatable bonds is 2. The average Bonchev–Trinajstić information content (AvgIpc) is 2.60. The summed E-state index contributed by atoms with van der Waals surface area (Å²) in [6, 6.07) is 29.1. The van der Waals surface area contributed by atoms with Crippen LogP contribution in [-0.2, 0) is 0 Å². The Morgan fingerprint density at radius 1 is 0.522 bits per heavy atom. The largest absolute Gasteiger partial charge is 0.280 e. The van der Waals surface area contributed by atoms with Gasteiger partial charge in [-0.15, -0.1) is 12.4 Å². The summed E-state index contributed by atoms with van der Waals surface area (Å²) in [5, 5.41) is 6.56. The summed E-state index contributed by atoms with van der Waals surface area (Å²) in [4.78, 5) is 0. The highest BCUT2D eigenvalue weighted by Gasteiger charge is 2.06. The lowest BCUT2D eigenvalue weighted by atomic mass is 10.1. The fraction of sp³-hybridized carbons (Fsp3) is 0. The summed E-state index contributed by atoms with van der Waals surface area (Å²) >= 11 is 0. The van der Waals surface area contributed by atoms with Crippen molar-refractivity contribution in [2.45, 2.75) is 0 Å². The molecule has 0 spiro atoms. The Morgan fingerprint density at radius 2 is 0.913 bits per heavy atom. The van der Waals surface area contributed by atoms with Gasteiger partial charge < -0.3 is 0 Å². The first-order chi connectivity index (χ1) is 10.8. The minimum atomic E-state index is 0. The molecule has 0 fully saturated rings. The van der Waals surface area contributed by atoms with Gasteiger partial charge in [-0.05, 0) is 45.8 Å². The van der Waals surface area contributed by atoms with Crippen LogP contribution in [0, 0.1) is 0 Å².